The van der Waals surface area contributed by atoms with Gasteiger partial charge in [-0.05, 0) is 6.92 Å². The molecule has 1 aliphatic heterocycles. The molecular weight excluding hydrogens is 271 g/mol. The van der Waals surface area contributed by atoms with E-state index >= 15 is 0 Å². The van der Waals surface area contributed by atoms with Crippen LogP contribution in [0.15, 0.2) is 0 Å². The minimum absolute atomic E-state index is 0.333. The molecule has 1 unspecified atom stereocenters. The molecule has 0 spiro atoms. The lowest BCUT2D eigenvalue weighted by molar-refractivity contribution is 0.915. The molecule has 0 bridgehead atoms. The van der Waals surface area contributed by atoms with E-state index in [0.717, 1.165) is 22.9 Å². The van der Waals surface area contributed by atoms with Crippen LogP contribution < -0.4 is 0 Å². The van der Waals surface area contributed by atoms with Gasteiger partial charge >= 0.3 is 0 Å². The Hall–Kier alpha value is 0.360. The zero-order chi connectivity index (χ0) is 10.8. The topological polar surface area (TPSA) is 25.8 Å². The molecule has 0 amide bonds. The van der Waals surface area contributed by atoms with E-state index in [1.807, 2.05) is 30.4 Å². The van der Waals surface area contributed by atoms with Gasteiger partial charge in [0.15, 0.2) is 0 Å². The first-order valence-electron chi connectivity index (χ1n) is 4.57. The molecule has 1 saturated heterocycles. The van der Waals surface area contributed by atoms with E-state index in [9.17, 15) is 0 Å². The highest BCUT2D eigenvalue weighted by atomic mass is 35.5. The molecule has 1 aliphatic rings. The molecule has 2 heterocycles. The average Bonchev–Trinajstić information content (AvgIpc) is 2.26. The van der Waals surface area contributed by atoms with Crippen LogP contribution in [0.4, 0.5) is 0 Å². The molecule has 1 aromatic rings. The molecule has 15 heavy (non-hydrogen) atoms. The maximum atomic E-state index is 5.99. The minimum atomic E-state index is 0.333. The quantitative estimate of drug-likeness (QED) is 0.734. The fourth-order valence-corrected chi connectivity index (χ4v) is 4.26. The maximum Gasteiger partial charge on any atom is 0.145 e. The van der Waals surface area contributed by atoms with Crippen molar-refractivity contribution in [3.05, 3.63) is 21.7 Å². The van der Waals surface area contributed by atoms with Gasteiger partial charge in [0.05, 0.1) is 5.25 Å². The summed E-state index contributed by atoms with van der Waals surface area (Å²) >= 11 is 15.8. The van der Waals surface area contributed by atoms with Crippen molar-refractivity contribution in [2.75, 3.05) is 17.3 Å². The molecular formula is C9H10Cl2N2S2. The van der Waals surface area contributed by atoms with Gasteiger partial charge in [-0.1, -0.05) is 23.2 Å². The number of halogens is 2. The van der Waals surface area contributed by atoms with Crippen LogP contribution in [0.25, 0.3) is 0 Å². The molecule has 0 N–H and O–H groups in total. The summed E-state index contributed by atoms with van der Waals surface area (Å²) in [4.78, 5) is 8.59. The van der Waals surface area contributed by atoms with Gasteiger partial charge < -0.3 is 0 Å². The molecule has 2 rings (SSSR count). The second-order valence-electron chi connectivity index (χ2n) is 3.22. The SMILES string of the molecule is Cc1c(Cl)nc(C2CSCCS2)nc1Cl. The molecule has 2 nitrogen and oxygen atoms in total. The Morgan fingerprint density at radius 2 is 1.87 bits per heavy atom. The summed E-state index contributed by atoms with van der Waals surface area (Å²) in [6.45, 7) is 1.83. The van der Waals surface area contributed by atoms with Crippen LogP contribution >= 0.6 is 46.7 Å². The Kier molecular flexibility index (Phi) is 4.04. The first-order chi connectivity index (χ1) is 7.18. The number of rotatable bonds is 1. The summed E-state index contributed by atoms with van der Waals surface area (Å²) in [6, 6.07) is 0. The molecule has 1 aromatic heterocycles. The van der Waals surface area contributed by atoms with Crippen LogP contribution in [0, 0.1) is 6.92 Å². The van der Waals surface area contributed by atoms with E-state index < -0.39 is 0 Å². The highest BCUT2D eigenvalue weighted by molar-refractivity contribution is 8.06. The van der Waals surface area contributed by atoms with Gasteiger partial charge in [-0.3, -0.25) is 0 Å². The van der Waals surface area contributed by atoms with Gasteiger partial charge in [0.25, 0.3) is 0 Å². The van der Waals surface area contributed by atoms with Crippen LogP contribution in [0.5, 0.6) is 0 Å². The Morgan fingerprint density at radius 1 is 1.20 bits per heavy atom. The van der Waals surface area contributed by atoms with Crippen LogP contribution in [-0.2, 0) is 0 Å². The van der Waals surface area contributed by atoms with Crippen molar-refractivity contribution in [3.63, 3.8) is 0 Å². The highest BCUT2D eigenvalue weighted by Crippen LogP contribution is 2.36. The molecule has 82 valence electrons. The third-order valence-corrected chi connectivity index (χ3v) is 5.64. The fraction of sp³-hybridized carbons (Fsp3) is 0.556. The Labute approximate surface area is 108 Å². The van der Waals surface area contributed by atoms with Gasteiger partial charge in [0, 0.05) is 22.8 Å². The zero-order valence-electron chi connectivity index (χ0n) is 8.17. The Bertz CT molecular complexity index is 344. The highest BCUT2D eigenvalue weighted by Gasteiger charge is 2.21. The standard InChI is InChI=1S/C9H10Cl2N2S2/c1-5-7(10)12-9(13-8(5)11)6-4-14-2-3-15-6/h6H,2-4H2,1H3. The second-order valence-corrected chi connectivity index (χ2v) is 6.40. The Morgan fingerprint density at radius 3 is 2.40 bits per heavy atom. The molecule has 6 heteroatoms. The lowest BCUT2D eigenvalue weighted by Crippen LogP contribution is -2.11. The summed E-state index contributed by atoms with van der Waals surface area (Å²) in [7, 11) is 0. The van der Waals surface area contributed by atoms with Crippen molar-refractivity contribution in [2.45, 2.75) is 12.2 Å². The molecule has 0 radical (unpaired) electrons. The largest absolute Gasteiger partial charge is 0.220 e. The average molecular weight is 281 g/mol. The predicted molar refractivity (Wildman–Crippen MR) is 69.3 cm³/mol. The molecule has 0 aliphatic carbocycles. The van der Waals surface area contributed by atoms with Gasteiger partial charge in [-0.25, -0.2) is 9.97 Å². The third-order valence-electron chi connectivity index (χ3n) is 2.15. The minimum Gasteiger partial charge on any atom is -0.220 e. The van der Waals surface area contributed by atoms with Crippen LogP contribution in [0.3, 0.4) is 0 Å². The second kappa shape index (κ2) is 5.13. The van der Waals surface area contributed by atoms with E-state index in [1.165, 1.54) is 5.75 Å². The maximum absolute atomic E-state index is 5.99. The zero-order valence-corrected chi connectivity index (χ0v) is 11.3. The third kappa shape index (κ3) is 2.73. The predicted octanol–water partition coefficient (Wildman–Crippen LogP) is 3.61. The fourth-order valence-electron chi connectivity index (χ4n) is 1.26. The van der Waals surface area contributed by atoms with Crippen molar-refractivity contribution in [1.82, 2.24) is 9.97 Å². The van der Waals surface area contributed by atoms with Crippen molar-refractivity contribution in [3.8, 4) is 0 Å². The van der Waals surface area contributed by atoms with E-state index in [4.69, 9.17) is 23.2 Å². The van der Waals surface area contributed by atoms with E-state index in [-0.39, 0.29) is 0 Å². The number of hydrogen-bond acceptors (Lipinski definition) is 4. The summed E-state index contributed by atoms with van der Waals surface area (Å²) in [6.07, 6.45) is 0. The molecule has 0 saturated carbocycles. The summed E-state index contributed by atoms with van der Waals surface area (Å²) in [5.74, 6) is 4.16. The van der Waals surface area contributed by atoms with Crippen LogP contribution in [0.1, 0.15) is 16.6 Å². The van der Waals surface area contributed by atoms with Crippen molar-refractivity contribution in [2.24, 2.45) is 0 Å². The van der Waals surface area contributed by atoms with Gasteiger partial charge in [0.1, 0.15) is 16.1 Å². The van der Waals surface area contributed by atoms with Gasteiger partial charge in [-0.2, -0.15) is 11.8 Å². The molecule has 0 aromatic carbocycles. The smallest absolute Gasteiger partial charge is 0.145 e. The first kappa shape index (κ1) is 11.8. The lowest BCUT2D eigenvalue weighted by atomic mass is 10.3. The van der Waals surface area contributed by atoms with Crippen LogP contribution in [0.2, 0.25) is 10.3 Å². The Balaban J connectivity index is 2.27. The van der Waals surface area contributed by atoms with E-state index in [1.54, 1.807) is 0 Å². The summed E-state index contributed by atoms with van der Waals surface area (Å²) < 4.78 is 0. The van der Waals surface area contributed by atoms with Crippen LogP contribution in [-0.4, -0.2) is 27.2 Å². The van der Waals surface area contributed by atoms with Crippen molar-refractivity contribution in [1.29, 1.82) is 0 Å². The first-order valence-corrected chi connectivity index (χ1v) is 7.53. The normalized spacial score (nSPS) is 21.7. The number of thioether (sulfide) groups is 2. The van der Waals surface area contributed by atoms with E-state index in [0.29, 0.717) is 15.6 Å². The lowest BCUT2D eigenvalue weighted by Gasteiger charge is -2.20. The van der Waals surface area contributed by atoms with Gasteiger partial charge in [0.2, 0.25) is 0 Å². The monoisotopic (exact) mass is 280 g/mol. The molecule has 1 atom stereocenters. The number of hydrogen-bond donors (Lipinski definition) is 0. The van der Waals surface area contributed by atoms with Gasteiger partial charge in [-0.15, -0.1) is 11.8 Å². The van der Waals surface area contributed by atoms with Crippen molar-refractivity contribution >= 4 is 46.7 Å². The number of nitrogens with zero attached hydrogens (tertiary/aromatic N) is 2. The molecule has 1 fully saturated rings. The van der Waals surface area contributed by atoms with E-state index in [2.05, 4.69) is 9.97 Å². The summed E-state index contributed by atoms with van der Waals surface area (Å²) in [5.41, 5.74) is 0.760. The number of aromatic nitrogens is 2. The van der Waals surface area contributed by atoms with Crippen molar-refractivity contribution < 1.29 is 0 Å². The summed E-state index contributed by atoms with van der Waals surface area (Å²) in [5, 5.41) is 1.28.